The molecule has 2 atom stereocenters. The van der Waals surface area contributed by atoms with E-state index in [4.69, 9.17) is 14.2 Å². The zero-order valence-corrected chi connectivity index (χ0v) is 23.4. The Morgan fingerprint density at radius 1 is 1.02 bits per heavy atom. The van der Waals surface area contributed by atoms with E-state index in [1.54, 1.807) is 39.1 Å². The Morgan fingerprint density at radius 2 is 1.78 bits per heavy atom. The van der Waals surface area contributed by atoms with Gasteiger partial charge in [0.05, 0.1) is 25.9 Å². The predicted molar refractivity (Wildman–Crippen MR) is 148 cm³/mol. The number of benzene rings is 2. The van der Waals surface area contributed by atoms with Gasteiger partial charge in [-0.25, -0.2) is 9.78 Å². The van der Waals surface area contributed by atoms with Crippen molar-refractivity contribution < 1.29 is 36.9 Å². The molecule has 41 heavy (non-hydrogen) atoms. The molecule has 10 heteroatoms. The molecule has 1 saturated heterocycles. The van der Waals surface area contributed by atoms with Gasteiger partial charge in [0.25, 0.3) is 0 Å². The van der Waals surface area contributed by atoms with Crippen molar-refractivity contribution in [3.05, 3.63) is 89.6 Å². The average Bonchev–Trinajstić information content (AvgIpc) is 2.91. The van der Waals surface area contributed by atoms with E-state index in [0.717, 1.165) is 24.0 Å². The standard InChI is InChI=1S/C31H35F3N2O5/c1-30(2,3)41-29(37)36(19-23-10-7-11-26(16-23)40-31(32,33)34)28-13-12-25(18-35-28)24-14-15-39-27(17-24)21-38-20-22-8-5-4-6-9-22/h4-13,16,18,24,27H,14-15,17,19-21H2,1-3H3. The second-order valence-electron chi connectivity index (χ2n) is 10.9. The number of carbonyl (C=O) groups excluding carboxylic acids is 1. The van der Waals surface area contributed by atoms with E-state index in [-0.39, 0.29) is 24.3 Å². The lowest BCUT2D eigenvalue weighted by molar-refractivity contribution is -0.274. The van der Waals surface area contributed by atoms with Gasteiger partial charge in [-0.05, 0) is 74.4 Å². The van der Waals surface area contributed by atoms with Crippen molar-refractivity contribution in [1.82, 2.24) is 4.98 Å². The number of halogens is 3. The number of alkyl halides is 3. The second kappa shape index (κ2) is 13.4. The van der Waals surface area contributed by atoms with Crippen LogP contribution in [0.25, 0.3) is 0 Å². The van der Waals surface area contributed by atoms with Gasteiger partial charge in [-0.15, -0.1) is 13.2 Å². The molecule has 0 N–H and O–H groups in total. The smallest absolute Gasteiger partial charge is 0.443 e. The number of pyridine rings is 1. The fraction of sp³-hybridized carbons (Fsp3) is 0.419. The Kier molecular flexibility index (Phi) is 9.88. The SMILES string of the molecule is CC(C)(C)OC(=O)N(Cc1cccc(OC(F)(F)F)c1)c1ccc(C2CCOC(COCc3ccccc3)C2)cn1. The van der Waals surface area contributed by atoms with Crippen LogP contribution in [-0.4, -0.2) is 42.4 Å². The topological polar surface area (TPSA) is 70.1 Å². The van der Waals surface area contributed by atoms with Crippen LogP contribution in [0.4, 0.5) is 23.8 Å². The Bertz CT molecular complexity index is 1260. The van der Waals surface area contributed by atoms with Gasteiger partial charge in [-0.3, -0.25) is 4.90 Å². The summed E-state index contributed by atoms with van der Waals surface area (Å²) < 4.78 is 59.6. The third-order valence-electron chi connectivity index (χ3n) is 6.39. The molecule has 3 aromatic rings. The maximum Gasteiger partial charge on any atom is 0.573 e. The summed E-state index contributed by atoms with van der Waals surface area (Å²) in [6.45, 7) is 6.77. The first kappa shape index (κ1) is 30.3. The number of carbonyl (C=O) groups is 1. The quantitative estimate of drug-likeness (QED) is 0.266. The Labute approximate surface area is 238 Å². The van der Waals surface area contributed by atoms with Gasteiger partial charge in [0.2, 0.25) is 0 Å². The van der Waals surface area contributed by atoms with Gasteiger partial charge >= 0.3 is 12.5 Å². The molecule has 0 radical (unpaired) electrons. The summed E-state index contributed by atoms with van der Waals surface area (Å²) in [7, 11) is 0. The van der Waals surface area contributed by atoms with Crippen molar-refractivity contribution in [2.75, 3.05) is 18.1 Å². The molecule has 1 fully saturated rings. The summed E-state index contributed by atoms with van der Waals surface area (Å²) >= 11 is 0. The molecule has 220 valence electrons. The van der Waals surface area contributed by atoms with E-state index in [2.05, 4.69) is 9.72 Å². The van der Waals surface area contributed by atoms with Crippen LogP contribution >= 0.6 is 0 Å². The predicted octanol–water partition coefficient (Wildman–Crippen LogP) is 7.40. The zero-order valence-electron chi connectivity index (χ0n) is 23.4. The van der Waals surface area contributed by atoms with E-state index in [1.165, 1.54) is 23.1 Å². The molecule has 7 nitrogen and oxygen atoms in total. The van der Waals surface area contributed by atoms with E-state index in [0.29, 0.717) is 31.2 Å². The highest BCUT2D eigenvalue weighted by Crippen LogP contribution is 2.31. The third kappa shape index (κ3) is 9.75. The molecule has 0 aliphatic carbocycles. The van der Waals surface area contributed by atoms with Crippen LogP contribution in [0.15, 0.2) is 72.9 Å². The molecule has 2 aromatic carbocycles. The van der Waals surface area contributed by atoms with Crippen molar-refractivity contribution >= 4 is 11.9 Å². The first-order chi connectivity index (χ1) is 19.4. The number of nitrogens with zero attached hydrogens (tertiary/aromatic N) is 2. The van der Waals surface area contributed by atoms with E-state index in [9.17, 15) is 18.0 Å². The van der Waals surface area contributed by atoms with Crippen LogP contribution in [0.1, 0.15) is 56.2 Å². The van der Waals surface area contributed by atoms with Crippen LogP contribution in [0.3, 0.4) is 0 Å². The Hall–Kier alpha value is -3.63. The number of aromatic nitrogens is 1. The number of anilines is 1. The van der Waals surface area contributed by atoms with Crippen molar-refractivity contribution in [3.63, 3.8) is 0 Å². The molecular weight excluding hydrogens is 537 g/mol. The van der Waals surface area contributed by atoms with E-state index >= 15 is 0 Å². The molecule has 4 rings (SSSR count). The number of hydrogen-bond donors (Lipinski definition) is 0. The third-order valence-corrected chi connectivity index (χ3v) is 6.39. The summed E-state index contributed by atoms with van der Waals surface area (Å²) in [5, 5.41) is 0. The van der Waals surface area contributed by atoms with Crippen molar-refractivity contribution in [1.29, 1.82) is 0 Å². The summed E-state index contributed by atoms with van der Waals surface area (Å²) in [5.41, 5.74) is 1.76. The molecular formula is C31H35F3N2O5. The number of ether oxygens (including phenoxy) is 4. The zero-order chi connectivity index (χ0) is 29.5. The normalized spacial score (nSPS) is 17.6. The molecule has 1 aliphatic heterocycles. The molecule has 1 aromatic heterocycles. The van der Waals surface area contributed by atoms with Crippen molar-refractivity contribution in [3.8, 4) is 5.75 Å². The van der Waals surface area contributed by atoms with Crippen molar-refractivity contribution in [2.45, 2.75) is 70.7 Å². The summed E-state index contributed by atoms with van der Waals surface area (Å²) in [5.74, 6) is 0.158. The molecule has 0 spiro atoms. The van der Waals surface area contributed by atoms with Gasteiger partial charge in [0.15, 0.2) is 0 Å². The van der Waals surface area contributed by atoms with Gasteiger partial charge in [0, 0.05) is 12.8 Å². The highest BCUT2D eigenvalue weighted by Gasteiger charge is 2.31. The minimum absolute atomic E-state index is 0.0402. The maximum absolute atomic E-state index is 13.1. The number of amides is 1. The molecule has 0 bridgehead atoms. The molecule has 2 unspecified atom stereocenters. The first-order valence-corrected chi connectivity index (χ1v) is 13.5. The van der Waals surface area contributed by atoms with E-state index < -0.39 is 18.1 Å². The molecule has 2 heterocycles. The highest BCUT2D eigenvalue weighted by molar-refractivity contribution is 5.86. The summed E-state index contributed by atoms with van der Waals surface area (Å²) in [4.78, 5) is 19.0. The van der Waals surface area contributed by atoms with Crippen LogP contribution in [0.5, 0.6) is 5.75 Å². The van der Waals surface area contributed by atoms with Gasteiger partial charge in [0.1, 0.15) is 17.2 Å². The lowest BCUT2D eigenvalue weighted by Crippen LogP contribution is -2.37. The fourth-order valence-electron chi connectivity index (χ4n) is 4.56. The van der Waals surface area contributed by atoms with Crippen LogP contribution in [0.2, 0.25) is 0 Å². The van der Waals surface area contributed by atoms with Gasteiger partial charge < -0.3 is 18.9 Å². The Morgan fingerprint density at radius 3 is 2.46 bits per heavy atom. The van der Waals surface area contributed by atoms with Crippen LogP contribution < -0.4 is 9.64 Å². The van der Waals surface area contributed by atoms with Crippen LogP contribution in [-0.2, 0) is 27.4 Å². The van der Waals surface area contributed by atoms with E-state index in [1.807, 2.05) is 36.4 Å². The highest BCUT2D eigenvalue weighted by atomic mass is 19.4. The first-order valence-electron chi connectivity index (χ1n) is 13.5. The largest absolute Gasteiger partial charge is 0.573 e. The van der Waals surface area contributed by atoms with Gasteiger partial charge in [-0.1, -0.05) is 48.5 Å². The second-order valence-corrected chi connectivity index (χ2v) is 10.9. The molecule has 1 amide bonds. The maximum atomic E-state index is 13.1. The lowest BCUT2D eigenvalue weighted by atomic mass is 9.90. The minimum atomic E-state index is -4.82. The fourth-order valence-corrected chi connectivity index (χ4v) is 4.56. The van der Waals surface area contributed by atoms with Crippen LogP contribution in [0, 0.1) is 0 Å². The summed E-state index contributed by atoms with van der Waals surface area (Å²) in [6, 6.07) is 19.1. The summed E-state index contributed by atoms with van der Waals surface area (Å²) in [6.07, 6.45) is -2.19. The minimum Gasteiger partial charge on any atom is -0.443 e. The van der Waals surface area contributed by atoms with Gasteiger partial charge in [-0.2, -0.15) is 0 Å². The Balaban J connectivity index is 1.44. The monoisotopic (exact) mass is 572 g/mol. The van der Waals surface area contributed by atoms with Crippen molar-refractivity contribution in [2.24, 2.45) is 0 Å². The number of rotatable bonds is 9. The number of hydrogen-bond acceptors (Lipinski definition) is 6. The molecule has 0 saturated carbocycles. The average molecular weight is 573 g/mol. The lowest BCUT2D eigenvalue weighted by Gasteiger charge is -2.30. The molecule has 1 aliphatic rings.